The highest BCUT2D eigenvalue weighted by molar-refractivity contribution is 7.20. The van der Waals surface area contributed by atoms with Crippen molar-refractivity contribution in [2.75, 3.05) is 0 Å². The van der Waals surface area contributed by atoms with Crippen molar-refractivity contribution < 1.29 is 0 Å². The standard InChI is InChI=1S/C69H45N7Si/c1-5-23-46(24-6-1)73-63-44-43-56-55-35-17-22-40-62(55)76(66(56)65(63)57-42-41-50(45-64(57)73)77(47-25-7-2-8-26-47,48-27-9-3-10-28-48)49-29-11-4-12-30-49)69-71-67(74-58-36-18-13-31-51(58)52-32-14-19-37-59(52)74)70-68(72-69)75-60-38-20-15-33-53(60)54-34-16-21-39-61(54)75/h1-45H. The van der Waals surface area contributed by atoms with Gasteiger partial charge < -0.3 is 4.57 Å². The van der Waals surface area contributed by atoms with Gasteiger partial charge in [-0.15, -0.1) is 0 Å². The van der Waals surface area contributed by atoms with Crippen LogP contribution in [0.1, 0.15) is 0 Å². The molecule has 0 saturated heterocycles. The molecule has 5 heterocycles. The smallest absolute Gasteiger partial charge is 0.241 e. The zero-order valence-electron chi connectivity index (χ0n) is 41.6. The van der Waals surface area contributed by atoms with Crippen molar-refractivity contribution >= 4 is 116 Å². The summed E-state index contributed by atoms with van der Waals surface area (Å²) in [5, 5.41) is 14.3. The van der Waals surface area contributed by atoms with E-state index in [1.54, 1.807) is 0 Å². The van der Waals surface area contributed by atoms with E-state index >= 15 is 0 Å². The Bertz CT molecular complexity index is 4640. The Morgan fingerprint density at radius 1 is 0.234 bits per heavy atom. The van der Waals surface area contributed by atoms with Crippen LogP contribution in [0.25, 0.3) is 111 Å². The van der Waals surface area contributed by atoms with Crippen LogP contribution in [0.5, 0.6) is 0 Å². The minimum Gasteiger partial charge on any atom is -0.309 e. The molecule has 0 spiro atoms. The van der Waals surface area contributed by atoms with Crippen LogP contribution in [0.3, 0.4) is 0 Å². The maximum atomic E-state index is 5.68. The molecule has 5 aromatic heterocycles. The second-order valence-electron chi connectivity index (χ2n) is 19.9. The topological polar surface area (TPSA) is 58.4 Å². The van der Waals surface area contributed by atoms with Crippen LogP contribution >= 0.6 is 0 Å². The Morgan fingerprint density at radius 3 is 1.03 bits per heavy atom. The molecule has 7 nitrogen and oxygen atoms in total. The Balaban J connectivity index is 1.06. The summed E-state index contributed by atoms with van der Waals surface area (Å²) in [6.45, 7) is 0. The molecule has 0 aliphatic rings. The third kappa shape index (κ3) is 6.27. The fourth-order valence-corrected chi connectivity index (χ4v) is 17.6. The highest BCUT2D eigenvalue weighted by Gasteiger charge is 2.42. The number of hydrogen-bond acceptors (Lipinski definition) is 3. The summed E-state index contributed by atoms with van der Waals surface area (Å²) in [6, 6.07) is 99.2. The summed E-state index contributed by atoms with van der Waals surface area (Å²) < 4.78 is 9.20. The van der Waals surface area contributed by atoms with Crippen LogP contribution in [0.15, 0.2) is 273 Å². The third-order valence-corrected chi connectivity index (χ3v) is 20.8. The van der Waals surface area contributed by atoms with Gasteiger partial charge in [-0.05, 0) is 75.3 Å². The molecule has 0 aliphatic heterocycles. The molecule has 0 radical (unpaired) electrons. The third-order valence-electron chi connectivity index (χ3n) is 16.0. The zero-order chi connectivity index (χ0) is 50.6. The molecule has 0 bridgehead atoms. The van der Waals surface area contributed by atoms with Crippen molar-refractivity contribution in [3.05, 3.63) is 273 Å². The molecular weight excluding hydrogens is 955 g/mol. The minimum absolute atomic E-state index is 0.522. The van der Waals surface area contributed by atoms with Gasteiger partial charge in [0.15, 0.2) is 8.07 Å². The number of para-hydroxylation sites is 6. The molecule has 0 amide bonds. The first-order valence-corrected chi connectivity index (χ1v) is 28.2. The van der Waals surface area contributed by atoms with Gasteiger partial charge in [-0.25, -0.2) is 0 Å². The minimum atomic E-state index is -2.93. The van der Waals surface area contributed by atoms with Gasteiger partial charge in [-0.1, -0.05) is 218 Å². The lowest BCUT2D eigenvalue weighted by molar-refractivity contribution is 0.848. The van der Waals surface area contributed by atoms with E-state index in [0.717, 1.165) is 92.9 Å². The van der Waals surface area contributed by atoms with Crippen molar-refractivity contribution in [2.24, 2.45) is 0 Å². The van der Waals surface area contributed by atoms with E-state index < -0.39 is 8.07 Å². The highest BCUT2D eigenvalue weighted by Crippen LogP contribution is 2.42. The van der Waals surface area contributed by atoms with E-state index in [-0.39, 0.29) is 0 Å². The van der Waals surface area contributed by atoms with Gasteiger partial charge in [0.2, 0.25) is 17.8 Å². The summed E-state index contributed by atoms with van der Waals surface area (Å²) in [6.07, 6.45) is 0. The molecule has 0 aliphatic carbocycles. The predicted molar refractivity (Wildman–Crippen MR) is 321 cm³/mol. The Hall–Kier alpha value is -10.2. The number of fused-ring (bicyclic) bond motifs is 13. The van der Waals surface area contributed by atoms with Gasteiger partial charge in [0.25, 0.3) is 0 Å². The van der Waals surface area contributed by atoms with Gasteiger partial charge in [0, 0.05) is 48.8 Å². The number of nitrogens with zero attached hydrogens (tertiary/aromatic N) is 7. The normalized spacial score (nSPS) is 12.2. The largest absolute Gasteiger partial charge is 0.309 e. The highest BCUT2D eigenvalue weighted by atomic mass is 28.3. The molecule has 16 rings (SSSR count). The fourth-order valence-electron chi connectivity index (χ4n) is 12.8. The van der Waals surface area contributed by atoms with Gasteiger partial charge in [0.05, 0.1) is 44.1 Å². The van der Waals surface area contributed by atoms with Crippen molar-refractivity contribution in [1.29, 1.82) is 0 Å². The molecule has 0 saturated carbocycles. The lowest BCUT2D eigenvalue weighted by Crippen LogP contribution is -2.74. The molecule has 77 heavy (non-hydrogen) atoms. The second-order valence-corrected chi connectivity index (χ2v) is 23.7. The molecule has 0 unspecified atom stereocenters. The Labute approximate surface area is 443 Å². The number of hydrogen-bond donors (Lipinski definition) is 0. The van der Waals surface area contributed by atoms with E-state index in [9.17, 15) is 0 Å². The maximum Gasteiger partial charge on any atom is 0.241 e. The Kier molecular flexibility index (Phi) is 9.52. The quantitative estimate of drug-likeness (QED) is 0.113. The van der Waals surface area contributed by atoms with Gasteiger partial charge >= 0.3 is 0 Å². The first kappa shape index (κ1) is 43.3. The molecule has 8 heteroatoms. The molecule has 0 fully saturated rings. The van der Waals surface area contributed by atoms with E-state index in [1.165, 1.54) is 20.7 Å². The predicted octanol–water partition coefficient (Wildman–Crippen LogP) is 13.6. The average Bonchev–Trinajstić information content (AvgIpc) is 4.44. The SMILES string of the molecule is c1ccc(-n2c3cc([Si](c4ccccc4)(c4ccccc4)c4ccccc4)ccc3c3c2ccc2c4ccccc4n(-c4nc(-n5c6ccccc6c6ccccc65)nc(-n5c6ccccc6c6ccccc65)n4)c23)cc1. The summed E-state index contributed by atoms with van der Waals surface area (Å²) in [7, 11) is -2.93. The van der Waals surface area contributed by atoms with E-state index in [4.69, 9.17) is 15.0 Å². The fraction of sp³-hybridized carbons (Fsp3) is 0. The number of rotatable bonds is 8. The summed E-state index contributed by atoms with van der Waals surface area (Å²) in [5.41, 5.74) is 9.41. The van der Waals surface area contributed by atoms with E-state index in [1.807, 2.05) is 0 Å². The summed E-state index contributed by atoms with van der Waals surface area (Å²) >= 11 is 0. The van der Waals surface area contributed by atoms with E-state index in [0.29, 0.717) is 17.8 Å². The number of benzene rings is 11. The second kappa shape index (κ2) is 16.9. The van der Waals surface area contributed by atoms with Crippen molar-refractivity contribution in [3.8, 4) is 23.5 Å². The lowest BCUT2D eigenvalue weighted by Gasteiger charge is -2.34. The lowest BCUT2D eigenvalue weighted by atomic mass is 10.1. The van der Waals surface area contributed by atoms with Crippen LogP contribution in [0, 0.1) is 0 Å². The molecule has 16 aromatic rings. The molecule has 11 aromatic carbocycles. The van der Waals surface area contributed by atoms with E-state index in [2.05, 4.69) is 291 Å². The van der Waals surface area contributed by atoms with Crippen molar-refractivity contribution in [2.45, 2.75) is 0 Å². The molecule has 0 atom stereocenters. The first-order chi connectivity index (χ1) is 38.2. The molecule has 0 N–H and O–H groups in total. The van der Waals surface area contributed by atoms with Crippen LogP contribution in [0.4, 0.5) is 0 Å². The van der Waals surface area contributed by atoms with Crippen molar-refractivity contribution in [3.63, 3.8) is 0 Å². The Morgan fingerprint density at radius 2 is 0.584 bits per heavy atom. The van der Waals surface area contributed by atoms with Crippen LogP contribution in [-0.2, 0) is 0 Å². The van der Waals surface area contributed by atoms with Gasteiger partial charge in [-0.2, -0.15) is 15.0 Å². The van der Waals surface area contributed by atoms with Crippen LogP contribution < -0.4 is 20.7 Å². The zero-order valence-corrected chi connectivity index (χ0v) is 42.6. The van der Waals surface area contributed by atoms with Gasteiger partial charge in [-0.3, -0.25) is 13.7 Å². The molecule has 360 valence electrons. The first-order valence-electron chi connectivity index (χ1n) is 26.2. The van der Waals surface area contributed by atoms with Crippen molar-refractivity contribution in [1.82, 2.24) is 33.2 Å². The average molecular weight is 1000 g/mol. The number of aromatic nitrogens is 7. The van der Waals surface area contributed by atoms with Crippen LogP contribution in [-0.4, -0.2) is 41.3 Å². The summed E-state index contributed by atoms with van der Waals surface area (Å²) in [4.78, 5) is 16.9. The van der Waals surface area contributed by atoms with Gasteiger partial charge in [0.1, 0.15) is 0 Å². The monoisotopic (exact) mass is 999 g/mol. The molecular formula is C69H45N7Si. The maximum absolute atomic E-state index is 5.68. The van der Waals surface area contributed by atoms with Crippen LogP contribution in [0.2, 0.25) is 0 Å². The summed E-state index contributed by atoms with van der Waals surface area (Å²) in [5.74, 6) is 1.58.